The van der Waals surface area contributed by atoms with E-state index in [0.717, 1.165) is 18.7 Å². The number of hydrogen-bond acceptors (Lipinski definition) is 5. The normalized spacial score (nSPS) is 15.9. The molecule has 1 saturated heterocycles. The number of carbonyl (C=O) groups is 1. The van der Waals surface area contributed by atoms with Crippen LogP contribution < -0.4 is 5.32 Å². The fourth-order valence-corrected chi connectivity index (χ4v) is 3.31. The zero-order valence-corrected chi connectivity index (χ0v) is 15.0. The Hall–Kier alpha value is -2.77. The van der Waals surface area contributed by atoms with Crippen LogP contribution in [0.5, 0.6) is 0 Å². The van der Waals surface area contributed by atoms with E-state index in [9.17, 15) is 14.9 Å². The minimum Gasteiger partial charge on any atom is -0.379 e. The highest BCUT2D eigenvalue weighted by Gasteiger charge is 2.23. The Bertz CT molecular complexity index is 776. The van der Waals surface area contributed by atoms with E-state index >= 15 is 0 Å². The third kappa shape index (κ3) is 5.12. The number of nitrogens with zero attached hydrogens (tertiary/aromatic N) is 2. The standard InChI is InChI=1S/C20H23N3O4/c24-20(14-17-8-4-5-9-18(17)23(25)26)21-15-19(16-6-2-1-3-7-16)22-10-12-27-13-11-22/h1-9,19H,10-15H2,(H,21,24). The van der Waals surface area contributed by atoms with Gasteiger partial charge in [-0.1, -0.05) is 48.5 Å². The molecule has 1 fully saturated rings. The summed E-state index contributed by atoms with van der Waals surface area (Å²) < 4.78 is 5.43. The van der Waals surface area contributed by atoms with Crippen LogP contribution in [0, 0.1) is 10.1 Å². The number of nitrogens with one attached hydrogen (secondary N) is 1. The molecule has 3 rings (SSSR count). The summed E-state index contributed by atoms with van der Waals surface area (Å²) in [5.41, 5.74) is 1.52. The number of nitro benzene ring substituents is 1. The average molecular weight is 369 g/mol. The summed E-state index contributed by atoms with van der Waals surface area (Å²) >= 11 is 0. The van der Waals surface area contributed by atoms with Gasteiger partial charge < -0.3 is 10.1 Å². The van der Waals surface area contributed by atoms with Gasteiger partial charge in [0.25, 0.3) is 5.69 Å². The molecule has 27 heavy (non-hydrogen) atoms. The highest BCUT2D eigenvalue weighted by Crippen LogP contribution is 2.22. The first kappa shape index (κ1) is 19.0. The summed E-state index contributed by atoms with van der Waals surface area (Å²) in [6.45, 7) is 3.41. The maximum atomic E-state index is 12.4. The van der Waals surface area contributed by atoms with Crippen LogP contribution in [0.25, 0.3) is 0 Å². The average Bonchev–Trinajstić information content (AvgIpc) is 2.70. The predicted octanol–water partition coefficient (Wildman–Crippen LogP) is 2.33. The second-order valence-electron chi connectivity index (χ2n) is 6.44. The Morgan fingerprint density at radius 1 is 1.11 bits per heavy atom. The zero-order chi connectivity index (χ0) is 19.1. The van der Waals surface area contributed by atoms with E-state index in [1.807, 2.05) is 30.3 Å². The van der Waals surface area contributed by atoms with Crippen LogP contribution in [0.1, 0.15) is 17.2 Å². The summed E-state index contributed by atoms with van der Waals surface area (Å²) in [5.74, 6) is -0.224. The van der Waals surface area contributed by atoms with Crippen LogP contribution in [0.4, 0.5) is 5.69 Å². The molecule has 1 aliphatic heterocycles. The monoisotopic (exact) mass is 369 g/mol. The minimum atomic E-state index is -0.455. The molecule has 142 valence electrons. The Morgan fingerprint density at radius 2 is 1.78 bits per heavy atom. The summed E-state index contributed by atoms with van der Waals surface area (Å²) in [4.78, 5) is 25.4. The van der Waals surface area contributed by atoms with Gasteiger partial charge in [0, 0.05) is 31.3 Å². The van der Waals surface area contributed by atoms with Gasteiger partial charge in [0.05, 0.1) is 30.6 Å². The molecule has 2 aromatic carbocycles. The number of benzene rings is 2. The molecule has 0 spiro atoms. The zero-order valence-electron chi connectivity index (χ0n) is 15.0. The van der Waals surface area contributed by atoms with Crippen LogP contribution in [-0.4, -0.2) is 48.6 Å². The summed E-state index contributed by atoms with van der Waals surface area (Å²) in [5, 5.41) is 14.1. The van der Waals surface area contributed by atoms with Gasteiger partial charge in [-0.25, -0.2) is 0 Å². The molecule has 1 heterocycles. The van der Waals surface area contributed by atoms with E-state index in [4.69, 9.17) is 4.74 Å². The molecule has 0 aromatic heterocycles. The van der Waals surface area contributed by atoms with Crippen molar-refractivity contribution in [2.45, 2.75) is 12.5 Å². The van der Waals surface area contributed by atoms with Gasteiger partial charge in [-0.3, -0.25) is 19.8 Å². The quantitative estimate of drug-likeness (QED) is 0.598. The van der Waals surface area contributed by atoms with Crippen molar-refractivity contribution in [2.75, 3.05) is 32.8 Å². The molecule has 1 unspecified atom stereocenters. The lowest BCUT2D eigenvalue weighted by Gasteiger charge is -2.35. The molecule has 7 heteroatoms. The number of nitro groups is 1. The van der Waals surface area contributed by atoms with Crippen molar-refractivity contribution in [2.24, 2.45) is 0 Å². The lowest BCUT2D eigenvalue weighted by Crippen LogP contribution is -2.44. The van der Waals surface area contributed by atoms with Crippen LogP contribution in [0.15, 0.2) is 54.6 Å². The molecule has 0 aliphatic carbocycles. The second-order valence-corrected chi connectivity index (χ2v) is 6.44. The van der Waals surface area contributed by atoms with Crippen molar-refractivity contribution < 1.29 is 14.5 Å². The number of para-hydroxylation sites is 1. The molecular formula is C20H23N3O4. The number of hydrogen-bond donors (Lipinski definition) is 1. The number of rotatable bonds is 7. The van der Waals surface area contributed by atoms with Crippen LogP contribution >= 0.6 is 0 Å². The molecule has 0 saturated carbocycles. The Morgan fingerprint density at radius 3 is 2.48 bits per heavy atom. The fourth-order valence-electron chi connectivity index (χ4n) is 3.31. The highest BCUT2D eigenvalue weighted by atomic mass is 16.6. The molecule has 1 aliphatic rings. The molecule has 0 radical (unpaired) electrons. The maximum Gasteiger partial charge on any atom is 0.273 e. The maximum absolute atomic E-state index is 12.4. The Kier molecular flexibility index (Phi) is 6.51. The highest BCUT2D eigenvalue weighted by molar-refractivity contribution is 5.79. The first-order valence-corrected chi connectivity index (χ1v) is 9.01. The Balaban J connectivity index is 1.66. The number of morpholine rings is 1. The molecule has 7 nitrogen and oxygen atoms in total. The smallest absolute Gasteiger partial charge is 0.273 e. The van der Waals surface area contributed by atoms with Crippen molar-refractivity contribution >= 4 is 11.6 Å². The molecule has 2 aromatic rings. The van der Waals surface area contributed by atoms with Crippen LogP contribution in [-0.2, 0) is 16.0 Å². The predicted molar refractivity (Wildman–Crippen MR) is 101 cm³/mol. The first-order chi connectivity index (χ1) is 13.1. The van der Waals surface area contributed by atoms with Gasteiger partial charge in [-0.05, 0) is 5.56 Å². The largest absolute Gasteiger partial charge is 0.379 e. The van der Waals surface area contributed by atoms with E-state index in [0.29, 0.717) is 25.3 Å². The third-order valence-corrected chi connectivity index (χ3v) is 4.70. The van der Waals surface area contributed by atoms with E-state index in [1.54, 1.807) is 18.2 Å². The van der Waals surface area contributed by atoms with Crippen LogP contribution in [0.2, 0.25) is 0 Å². The van der Waals surface area contributed by atoms with E-state index < -0.39 is 4.92 Å². The number of ether oxygens (including phenoxy) is 1. The summed E-state index contributed by atoms with van der Waals surface area (Å²) in [6, 6.07) is 16.4. The van der Waals surface area contributed by atoms with E-state index in [2.05, 4.69) is 10.2 Å². The molecule has 1 atom stereocenters. The lowest BCUT2D eigenvalue weighted by molar-refractivity contribution is -0.385. The van der Waals surface area contributed by atoms with Gasteiger partial charge in [-0.2, -0.15) is 0 Å². The van der Waals surface area contributed by atoms with Gasteiger partial charge in [0.2, 0.25) is 5.91 Å². The molecular weight excluding hydrogens is 346 g/mol. The van der Waals surface area contributed by atoms with Crippen molar-refractivity contribution in [1.29, 1.82) is 0 Å². The van der Waals surface area contributed by atoms with Crippen LogP contribution in [0.3, 0.4) is 0 Å². The van der Waals surface area contributed by atoms with Gasteiger partial charge in [-0.15, -0.1) is 0 Å². The topological polar surface area (TPSA) is 84.7 Å². The van der Waals surface area contributed by atoms with Gasteiger partial charge >= 0.3 is 0 Å². The Labute approximate surface area is 158 Å². The van der Waals surface area contributed by atoms with Crippen molar-refractivity contribution in [3.05, 3.63) is 75.8 Å². The molecule has 1 N–H and O–H groups in total. The fraction of sp³-hybridized carbons (Fsp3) is 0.350. The van der Waals surface area contributed by atoms with Crippen molar-refractivity contribution in [1.82, 2.24) is 10.2 Å². The van der Waals surface area contributed by atoms with E-state index in [-0.39, 0.29) is 24.1 Å². The molecule has 0 bridgehead atoms. The second kappa shape index (κ2) is 9.25. The summed E-state index contributed by atoms with van der Waals surface area (Å²) in [7, 11) is 0. The number of carbonyl (C=O) groups excluding carboxylic acids is 1. The molecule has 1 amide bonds. The van der Waals surface area contributed by atoms with E-state index in [1.165, 1.54) is 6.07 Å². The van der Waals surface area contributed by atoms with Crippen molar-refractivity contribution in [3.63, 3.8) is 0 Å². The summed E-state index contributed by atoms with van der Waals surface area (Å²) in [6.07, 6.45) is -0.0121. The minimum absolute atomic E-state index is 0.0121. The lowest BCUT2D eigenvalue weighted by atomic mass is 10.0. The van der Waals surface area contributed by atoms with Gasteiger partial charge in [0.1, 0.15) is 0 Å². The van der Waals surface area contributed by atoms with Gasteiger partial charge in [0.15, 0.2) is 0 Å². The van der Waals surface area contributed by atoms with Crippen molar-refractivity contribution in [3.8, 4) is 0 Å². The SMILES string of the molecule is O=C(Cc1ccccc1[N+](=O)[O-])NCC(c1ccccc1)N1CCOCC1. The number of amides is 1. The third-order valence-electron chi connectivity index (χ3n) is 4.70. The first-order valence-electron chi connectivity index (χ1n) is 9.01.